The van der Waals surface area contributed by atoms with Crippen LogP contribution in [0, 0.1) is 5.92 Å². The highest BCUT2D eigenvalue weighted by molar-refractivity contribution is 4.82. The maximum absolute atomic E-state index is 9.51. The van der Waals surface area contributed by atoms with Gasteiger partial charge in [0.05, 0.1) is 6.61 Å². The van der Waals surface area contributed by atoms with Gasteiger partial charge in [-0.25, -0.2) is 0 Å². The van der Waals surface area contributed by atoms with Crippen LogP contribution in [0.4, 0.5) is 0 Å². The fourth-order valence-electron chi connectivity index (χ4n) is 2.75. The van der Waals surface area contributed by atoms with E-state index in [1.165, 1.54) is 45.2 Å². The Morgan fingerprint density at radius 3 is 2.58 bits per heavy atom. The lowest BCUT2D eigenvalue weighted by Gasteiger charge is -2.31. The van der Waals surface area contributed by atoms with Gasteiger partial charge in [0, 0.05) is 12.1 Å². The number of unbranched alkanes of at least 4 members (excludes halogenated alkanes) is 1. The van der Waals surface area contributed by atoms with E-state index in [1.807, 2.05) is 0 Å². The smallest absolute Gasteiger partial charge is 0.0610 e. The molecule has 0 aromatic carbocycles. The molecule has 0 spiro atoms. The van der Waals surface area contributed by atoms with E-state index < -0.39 is 0 Å². The first kappa shape index (κ1) is 16.9. The topological polar surface area (TPSA) is 35.5 Å². The quantitative estimate of drug-likeness (QED) is 0.567. The summed E-state index contributed by atoms with van der Waals surface area (Å²) >= 11 is 0. The van der Waals surface area contributed by atoms with Crippen molar-refractivity contribution < 1.29 is 5.11 Å². The molecule has 1 aliphatic carbocycles. The van der Waals surface area contributed by atoms with E-state index in [2.05, 4.69) is 31.1 Å². The molecule has 0 heterocycles. The minimum Gasteiger partial charge on any atom is -0.394 e. The predicted molar refractivity (Wildman–Crippen MR) is 82.5 cm³/mol. The van der Waals surface area contributed by atoms with E-state index in [4.69, 9.17) is 0 Å². The van der Waals surface area contributed by atoms with Gasteiger partial charge >= 0.3 is 0 Å². The number of aliphatic hydroxyl groups excluding tert-OH is 1. The molecule has 0 saturated heterocycles. The monoisotopic (exact) mass is 270 g/mol. The second-order valence-electron chi connectivity index (χ2n) is 6.66. The molecule has 1 rings (SSSR count). The molecular formula is C16H34N2O. The second kappa shape index (κ2) is 8.93. The summed E-state index contributed by atoms with van der Waals surface area (Å²) in [6.07, 6.45) is 8.95. The van der Waals surface area contributed by atoms with Crippen LogP contribution in [0.3, 0.4) is 0 Å². The van der Waals surface area contributed by atoms with E-state index in [0.29, 0.717) is 0 Å². The first-order valence-electron chi connectivity index (χ1n) is 8.14. The van der Waals surface area contributed by atoms with Crippen LogP contribution in [-0.4, -0.2) is 48.8 Å². The van der Waals surface area contributed by atoms with Gasteiger partial charge in [-0.3, -0.25) is 0 Å². The van der Waals surface area contributed by atoms with Crippen molar-refractivity contribution in [2.24, 2.45) is 5.92 Å². The van der Waals surface area contributed by atoms with Crippen LogP contribution in [0.15, 0.2) is 0 Å². The highest BCUT2D eigenvalue weighted by atomic mass is 16.3. The Morgan fingerprint density at radius 2 is 2.05 bits per heavy atom. The molecule has 1 fully saturated rings. The molecule has 1 aliphatic rings. The zero-order valence-electron chi connectivity index (χ0n) is 13.2. The van der Waals surface area contributed by atoms with Gasteiger partial charge in [0.1, 0.15) is 0 Å². The van der Waals surface area contributed by atoms with Crippen molar-refractivity contribution in [2.75, 3.05) is 33.3 Å². The summed E-state index contributed by atoms with van der Waals surface area (Å²) in [5, 5.41) is 13.0. The fraction of sp³-hybridized carbons (Fsp3) is 1.00. The minimum atomic E-state index is -0.0808. The molecule has 3 heteroatoms. The van der Waals surface area contributed by atoms with E-state index >= 15 is 0 Å². The maximum Gasteiger partial charge on any atom is 0.0610 e. The van der Waals surface area contributed by atoms with Crippen LogP contribution in [0.25, 0.3) is 0 Å². The van der Waals surface area contributed by atoms with Crippen LogP contribution in [-0.2, 0) is 0 Å². The van der Waals surface area contributed by atoms with Crippen molar-refractivity contribution in [1.29, 1.82) is 0 Å². The average Bonchev–Trinajstić information content (AvgIpc) is 2.37. The molecule has 0 amide bonds. The van der Waals surface area contributed by atoms with E-state index in [-0.39, 0.29) is 12.1 Å². The first-order chi connectivity index (χ1) is 9.09. The third-order valence-corrected chi connectivity index (χ3v) is 4.46. The molecule has 114 valence electrons. The number of rotatable bonds is 11. The lowest BCUT2D eigenvalue weighted by atomic mass is 9.85. The van der Waals surface area contributed by atoms with Crippen molar-refractivity contribution >= 4 is 0 Å². The van der Waals surface area contributed by atoms with Gasteiger partial charge in [0.2, 0.25) is 0 Å². The van der Waals surface area contributed by atoms with Gasteiger partial charge in [-0.05, 0) is 65.1 Å². The third-order valence-electron chi connectivity index (χ3n) is 4.46. The third kappa shape index (κ3) is 6.73. The Kier molecular flexibility index (Phi) is 7.96. The fourth-order valence-corrected chi connectivity index (χ4v) is 2.75. The molecule has 0 aromatic rings. The molecule has 19 heavy (non-hydrogen) atoms. The van der Waals surface area contributed by atoms with Gasteiger partial charge in [-0.15, -0.1) is 0 Å². The molecule has 0 aliphatic heterocycles. The Bertz CT molecular complexity index is 231. The number of hydrogen-bond donors (Lipinski definition) is 2. The van der Waals surface area contributed by atoms with E-state index in [9.17, 15) is 5.11 Å². The van der Waals surface area contributed by atoms with Gasteiger partial charge in [0.15, 0.2) is 0 Å². The van der Waals surface area contributed by atoms with Crippen molar-refractivity contribution in [2.45, 2.75) is 64.3 Å². The number of nitrogens with one attached hydrogen (secondary N) is 1. The summed E-state index contributed by atoms with van der Waals surface area (Å²) in [7, 11) is 2.25. The molecule has 1 unspecified atom stereocenters. The number of nitrogens with zero attached hydrogens (tertiary/aromatic N) is 1. The lowest BCUT2D eigenvalue weighted by molar-refractivity contribution is 0.159. The Balaban J connectivity index is 2.06. The molecule has 3 nitrogen and oxygen atoms in total. The molecule has 1 saturated carbocycles. The summed E-state index contributed by atoms with van der Waals surface area (Å²) in [4.78, 5) is 2.49. The Morgan fingerprint density at radius 1 is 1.32 bits per heavy atom. The van der Waals surface area contributed by atoms with Gasteiger partial charge < -0.3 is 15.3 Å². The van der Waals surface area contributed by atoms with Gasteiger partial charge in [-0.2, -0.15) is 0 Å². The molecule has 0 bridgehead atoms. The summed E-state index contributed by atoms with van der Waals surface area (Å²) < 4.78 is 0. The number of hydrogen-bond acceptors (Lipinski definition) is 3. The minimum absolute atomic E-state index is 0.0808. The van der Waals surface area contributed by atoms with Crippen LogP contribution >= 0.6 is 0 Å². The Labute approximate surface area is 119 Å². The summed E-state index contributed by atoms with van der Waals surface area (Å²) in [5.41, 5.74) is -0.0808. The van der Waals surface area contributed by atoms with Gasteiger partial charge in [0.25, 0.3) is 0 Å². The number of aliphatic hydroxyl groups is 1. The van der Waals surface area contributed by atoms with Crippen molar-refractivity contribution in [3.63, 3.8) is 0 Å². The van der Waals surface area contributed by atoms with Crippen LogP contribution in [0.2, 0.25) is 0 Å². The predicted octanol–water partition coefficient (Wildman–Crippen LogP) is 2.64. The molecule has 1 atom stereocenters. The maximum atomic E-state index is 9.51. The molecule has 0 radical (unpaired) electrons. The van der Waals surface area contributed by atoms with E-state index in [1.54, 1.807) is 0 Å². The van der Waals surface area contributed by atoms with Crippen LogP contribution < -0.4 is 5.32 Å². The lowest BCUT2D eigenvalue weighted by Crippen LogP contribution is -2.46. The van der Waals surface area contributed by atoms with Crippen molar-refractivity contribution in [3.05, 3.63) is 0 Å². The molecular weight excluding hydrogens is 236 g/mol. The first-order valence-corrected chi connectivity index (χ1v) is 8.14. The average molecular weight is 270 g/mol. The van der Waals surface area contributed by atoms with Crippen LogP contribution in [0.5, 0.6) is 0 Å². The SMILES string of the molecule is CCCNC(C)(CO)CCCCN(C)CC1CCC1. The van der Waals surface area contributed by atoms with Gasteiger partial charge in [-0.1, -0.05) is 19.8 Å². The molecule has 0 aromatic heterocycles. The largest absolute Gasteiger partial charge is 0.394 e. The highest BCUT2D eigenvalue weighted by Gasteiger charge is 2.22. The van der Waals surface area contributed by atoms with Crippen LogP contribution in [0.1, 0.15) is 58.8 Å². The van der Waals surface area contributed by atoms with E-state index in [0.717, 1.165) is 25.3 Å². The van der Waals surface area contributed by atoms with Crippen molar-refractivity contribution in [1.82, 2.24) is 10.2 Å². The molecule has 2 N–H and O–H groups in total. The Hall–Kier alpha value is -0.120. The second-order valence-corrected chi connectivity index (χ2v) is 6.66. The summed E-state index contributed by atoms with van der Waals surface area (Å²) in [6, 6.07) is 0. The summed E-state index contributed by atoms with van der Waals surface area (Å²) in [5.74, 6) is 0.971. The summed E-state index contributed by atoms with van der Waals surface area (Å²) in [6.45, 7) is 8.03. The normalized spacial score (nSPS) is 19.4. The standard InChI is InChI=1S/C16H34N2O/c1-4-11-17-16(2,14-19)10-5-6-12-18(3)13-15-8-7-9-15/h15,17,19H,4-14H2,1-3H3. The highest BCUT2D eigenvalue weighted by Crippen LogP contribution is 2.26. The zero-order valence-corrected chi connectivity index (χ0v) is 13.2. The zero-order chi connectivity index (χ0) is 14.1. The van der Waals surface area contributed by atoms with Crippen molar-refractivity contribution in [3.8, 4) is 0 Å².